The molecule has 172 valence electrons. The van der Waals surface area contributed by atoms with Gasteiger partial charge in [0.15, 0.2) is 12.2 Å². The van der Waals surface area contributed by atoms with Crippen molar-refractivity contribution < 1.29 is 29.3 Å². The van der Waals surface area contributed by atoms with Crippen LogP contribution in [0.5, 0.6) is 11.5 Å². The number of aromatic hydroxyl groups is 1. The Hall–Kier alpha value is -4.29. The van der Waals surface area contributed by atoms with Crippen LogP contribution >= 0.6 is 15.9 Å². The Labute approximate surface area is 203 Å². The van der Waals surface area contributed by atoms with Crippen molar-refractivity contribution in [1.29, 1.82) is 5.26 Å². The molecule has 0 spiro atoms. The number of carboxylic acid groups (broad SMARTS) is 1. The second kappa shape index (κ2) is 11.5. The first kappa shape index (κ1) is 24.4. The van der Waals surface area contributed by atoms with E-state index in [1.165, 1.54) is 36.4 Å². The Morgan fingerprint density at radius 2 is 1.76 bits per heavy atom. The molecule has 9 heteroatoms. The molecule has 3 rings (SSSR count). The molecule has 0 saturated carbocycles. The van der Waals surface area contributed by atoms with Crippen molar-refractivity contribution in [3.8, 4) is 17.6 Å². The lowest BCUT2D eigenvalue weighted by Crippen LogP contribution is -2.30. The van der Waals surface area contributed by atoms with Crippen LogP contribution < -0.4 is 10.1 Å². The first-order valence-corrected chi connectivity index (χ1v) is 10.7. The average Bonchev–Trinajstić information content (AvgIpc) is 2.83. The van der Waals surface area contributed by atoms with Crippen molar-refractivity contribution in [2.45, 2.75) is 12.2 Å². The van der Waals surface area contributed by atoms with E-state index in [-0.39, 0.29) is 11.3 Å². The Bertz CT molecular complexity index is 1220. The summed E-state index contributed by atoms with van der Waals surface area (Å²) >= 11 is 3.33. The summed E-state index contributed by atoms with van der Waals surface area (Å²) in [6.07, 6.45) is -1.11. The minimum atomic E-state index is -1.23. The Balaban J connectivity index is 1.96. The molecule has 0 aliphatic carbocycles. The van der Waals surface area contributed by atoms with Gasteiger partial charge in [0, 0.05) is 21.8 Å². The molecule has 0 bridgehead atoms. The highest BCUT2D eigenvalue weighted by Crippen LogP contribution is 2.34. The van der Waals surface area contributed by atoms with E-state index in [1.54, 1.807) is 42.5 Å². The number of hydrogen-bond donors (Lipinski definition) is 3. The van der Waals surface area contributed by atoms with Gasteiger partial charge in [0.25, 0.3) is 0 Å². The molecule has 1 amide bonds. The van der Waals surface area contributed by atoms with Crippen LogP contribution in [-0.4, -0.2) is 28.4 Å². The maximum Gasteiger partial charge on any atom is 0.412 e. The lowest BCUT2D eigenvalue weighted by molar-refractivity contribution is -0.131. The number of para-hydroxylation sites is 1. The summed E-state index contributed by atoms with van der Waals surface area (Å²) in [5.74, 6) is -0.996. The topological polar surface area (TPSA) is 129 Å². The molecule has 0 fully saturated rings. The largest absolute Gasteiger partial charge is 0.508 e. The molecular weight excluding hydrogens is 504 g/mol. The van der Waals surface area contributed by atoms with E-state index in [9.17, 15) is 14.7 Å². The summed E-state index contributed by atoms with van der Waals surface area (Å²) in [5.41, 5.74) is 0.995. The van der Waals surface area contributed by atoms with Gasteiger partial charge >= 0.3 is 12.1 Å². The van der Waals surface area contributed by atoms with Crippen LogP contribution in [0.25, 0.3) is 0 Å². The number of ether oxygens (including phenoxy) is 2. The number of carboxylic acids is 1. The third-order valence-electron chi connectivity index (χ3n) is 4.53. The van der Waals surface area contributed by atoms with Gasteiger partial charge in [-0.25, -0.2) is 9.59 Å². The summed E-state index contributed by atoms with van der Waals surface area (Å²) in [4.78, 5) is 24.0. The van der Waals surface area contributed by atoms with Gasteiger partial charge in [-0.2, -0.15) is 5.26 Å². The molecule has 0 aliphatic rings. The number of phenols is 1. The van der Waals surface area contributed by atoms with Gasteiger partial charge in [0.05, 0.1) is 11.6 Å². The number of anilines is 1. The van der Waals surface area contributed by atoms with Crippen LogP contribution in [0.3, 0.4) is 0 Å². The van der Waals surface area contributed by atoms with Crippen LogP contribution in [0.4, 0.5) is 10.5 Å². The van der Waals surface area contributed by atoms with Gasteiger partial charge in [0.1, 0.15) is 11.5 Å². The first-order valence-electron chi connectivity index (χ1n) is 9.95. The first-order chi connectivity index (χ1) is 16.4. The zero-order valence-electron chi connectivity index (χ0n) is 17.6. The fraction of sp³-hybridized carbons (Fsp3) is 0.0800. The zero-order chi connectivity index (χ0) is 24.5. The number of nitriles is 1. The highest BCUT2D eigenvalue weighted by molar-refractivity contribution is 9.10. The van der Waals surface area contributed by atoms with E-state index in [0.29, 0.717) is 21.5 Å². The number of benzene rings is 3. The fourth-order valence-corrected chi connectivity index (χ4v) is 3.37. The number of nitrogens with one attached hydrogen (secondary N) is 1. The van der Waals surface area contributed by atoms with E-state index in [0.717, 1.165) is 6.08 Å². The second-order valence-corrected chi connectivity index (χ2v) is 7.85. The van der Waals surface area contributed by atoms with Crippen LogP contribution in [0.15, 0.2) is 89.4 Å². The highest BCUT2D eigenvalue weighted by atomic mass is 79.9. The Morgan fingerprint density at radius 3 is 2.41 bits per heavy atom. The molecule has 2 atom stereocenters. The maximum atomic E-state index is 12.8. The lowest BCUT2D eigenvalue weighted by Gasteiger charge is -2.27. The molecule has 0 aromatic heterocycles. The molecule has 3 aromatic rings. The molecule has 0 aliphatic heterocycles. The molecule has 8 nitrogen and oxygen atoms in total. The molecule has 0 radical (unpaired) electrons. The molecule has 34 heavy (non-hydrogen) atoms. The molecule has 3 aromatic carbocycles. The van der Waals surface area contributed by atoms with Crippen LogP contribution in [0.1, 0.15) is 17.2 Å². The number of carbonyl (C=O) groups excluding carboxylic acids is 1. The van der Waals surface area contributed by atoms with E-state index >= 15 is 0 Å². The smallest absolute Gasteiger partial charge is 0.412 e. The second-order valence-electron chi connectivity index (χ2n) is 6.94. The Morgan fingerprint density at radius 1 is 1.06 bits per heavy atom. The number of hydrogen-bond acceptors (Lipinski definition) is 6. The van der Waals surface area contributed by atoms with Crippen molar-refractivity contribution in [3.63, 3.8) is 0 Å². The van der Waals surface area contributed by atoms with Gasteiger partial charge in [-0.1, -0.05) is 34.1 Å². The number of phenolic OH excluding ortho intramolecular Hbond substituents is 1. The number of nitrogens with zero attached hydrogens (tertiary/aromatic N) is 1. The number of amides is 1. The van der Waals surface area contributed by atoms with Crippen molar-refractivity contribution >= 4 is 33.7 Å². The third-order valence-corrected chi connectivity index (χ3v) is 5.03. The fourth-order valence-electron chi connectivity index (χ4n) is 2.99. The van der Waals surface area contributed by atoms with Crippen molar-refractivity contribution in [2.24, 2.45) is 0 Å². The minimum Gasteiger partial charge on any atom is -0.508 e. The normalized spacial score (nSPS) is 12.4. The monoisotopic (exact) mass is 522 g/mol. The number of halogens is 1. The number of aliphatic carboxylic acids is 1. The van der Waals surface area contributed by atoms with Gasteiger partial charge in [-0.3, -0.25) is 5.32 Å². The van der Waals surface area contributed by atoms with Gasteiger partial charge in [-0.15, -0.1) is 0 Å². The van der Waals surface area contributed by atoms with E-state index in [1.807, 2.05) is 6.07 Å². The lowest BCUT2D eigenvalue weighted by atomic mass is 10.0. The molecular formula is C25H19BrN2O6. The van der Waals surface area contributed by atoms with Gasteiger partial charge in [-0.05, 0) is 60.7 Å². The highest BCUT2D eigenvalue weighted by Gasteiger charge is 2.30. The average molecular weight is 523 g/mol. The standard InChI is InChI=1S/C25H19BrN2O6/c26-17-8-11-21(29)20(14-17)24(34-25(32)28-18-9-6-16(15-27)7-10-18)22(12-13-23(30)31)33-19-4-2-1-3-5-19/h1-14,22,24,29H,(H,28,32)(H,30,31)/b13-12+/t22-,24-/m1/s1. The molecule has 0 saturated heterocycles. The van der Waals surface area contributed by atoms with E-state index in [2.05, 4.69) is 21.2 Å². The van der Waals surface area contributed by atoms with E-state index < -0.39 is 24.3 Å². The van der Waals surface area contributed by atoms with Gasteiger partial charge in [0.2, 0.25) is 0 Å². The van der Waals surface area contributed by atoms with Crippen molar-refractivity contribution in [3.05, 3.63) is 101 Å². The third kappa shape index (κ3) is 6.85. The van der Waals surface area contributed by atoms with Crippen molar-refractivity contribution in [2.75, 3.05) is 5.32 Å². The van der Waals surface area contributed by atoms with Crippen LogP contribution in [-0.2, 0) is 9.53 Å². The van der Waals surface area contributed by atoms with Crippen LogP contribution in [0, 0.1) is 11.3 Å². The zero-order valence-corrected chi connectivity index (χ0v) is 19.2. The molecule has 3 N–H and O–H groups in total. The summed E-state index contributed by atoms with van der Waals surface area (Å²) in [6.45, 7) is 0. The maximum absolute atomic E-state index is 12.8. The summed E-state index contributed by atoms with van der Waals surface area (Å²) in [6, 6.07) is 21.3. The predicted molar refractivity (Wildman–Crippen MR) is 127 cm³/mol. The predicted octanol–water partition coefficient (Wildman–Crippen LogP) is 5.40. The molecule has 0 heterocycles. The quantitative estimate of drug-likeness (QED) is 0.337. The number of carbonyl (C=O) groups is 2. The van der Waals surface area contributed by atoms with E-state index in [4.69, 9.17) is 19.8 Å². The Kier molecular flexibility index (Phi) is 8.26. The van der Waals surface area contributed by atoms with Crippen LogP contribution in [0.2, 0.25) is 0 Å². The van der Waals surface area contributed by atoms with Crippen molar-refractivity contribution in [1.82, 2.24) is 0 Å². The SMILES string of the molecule is N#Cc1ccc(NC(=O)O[C@H](c2cc(Br)ccc2O)[C@@H](/C=C/C(=O)O)Oc2ccccc2)cc1. The summed E-state index contributed by atoms with van der Waals surface area (Å²) in [5, 5.41) is 31.1. The summed E-state index contributed by atoms with van der Waals surface area (Å²) in [7, 11) is 0. The molecule has 0 unspecified atom stereocenters. The minimum absolute atomic E-state index is 0.176. The summed E-state index contributed by atoms with van der Waals surface area (Å²) < 4.78 is 12.2. The van der Waals surface area contributed by atoms with Gasteiger partial charge < -0.3 is 19.7 Å². The number of rotatable bonds is 8.